The molecule has 3 heterocycles. The van der Waals surface area contributed by atoms with Gasteiger partial charge in [0.05, 0.1) is 23.6 Å². The number of fused-ring (bicyclic) bond motifs is 1. The maximum absolute atomic E-state index is 12.6. The number of amides is 1. The summed E-state index contributed by atoms with van der Waals surface area (Å²) in [6.45, 7) is 2.60. The Kier molecular flexibility index (Phi) is 5.63. The number of pyridine rings is 1. The molecule has 8 nitrogen and oxygen atoms in total. The Labute approximate surface area is 175 Å². The van der Waals surface area contributed by atoms with E-state index in [4.69, 9.17) is 4.98 Å². The average molecular weight is 426 g/mol. The van der Waals surface area contributed by atoms with Crippen LogP contribution in [0, 0.1) is 0 Å². The van der Waals surface area contributed by atoms with Crippen LogP contribution < -0.4 is 10.2 Å². The van der Waals surface area contributed by atoms with E-state index in [9.17, 15) is 13.2 Å². The molecule has 1 fully saturated rings. The molecule has 4 rings (SSSR count). The standard InChI is InChI=1S/C21H23N5O3S/c1-2-26(13-19(27)23-16-9-11-30(28,29)14-16)21-17-7-3-4-8-18(17)24-20(25-21)15-6-5-10-22-12-15/h3-8,10,12,16H,2,9,11,13-14H2,1H3,(H,23,27)/t16-/m0/s1. The molecule has 0 radical (unpaired) electrons. The molecule has 30 heavy (non-hydrogen) atoms. The number of carbonyl (C=O) groups excluding carboxylic acids is 1. The molecule has 1 amide bonds. The van der Waals surface area contributed by atoms with Crippen LogP contribution in [0.4, 0.5) is 5.82 Å². The smallest absolute Gasteiger partial charge is 0.239 e. The molecule has 1 aliphatic heterocycles. The van der Waals surface area contributed by atoms with Crippen molar-refractivity contribution in [3.05, 3.63) is 48.8 Å². The van der Waals surface area contributed by atoms with Crippen LogP contribution in [0.2, 0.25) is 0 Å². The molecule has 0 spiro atoms. The van der Waals surface area contributed by atoms with Crippen LogP contribution in [0.25, 0.3) is 22.3 Å². The fraction of sp³-hybridized carbons (Fsp3) is 0.333. The molecule has 0 aliphatic carbocycles. The Morgan fingerprint density at radius 1 is 1.20 bits per heavy atom. The first kappa shape index (κ1) is 20.2. The summed E-state index contributed by atoms with van der Waals surface area (Å²) in [5.74, 6) is 1.12. The van der Waals surface area contributed by atoms with E-state index < -0.39 is 9.84 Å². The van der Waals surface area contributed by atoms with E-state index in [0.717, 1.165) is 16.5 Å². The summed E-state index contributed by atoms with van der Waals surface area (Å²) in [7, 11) is -3.05. The molecule has 1 aliphatic rings. The van der Waals surface area contributed by atoms with Gasteiger partial charge in [-0.1, -0.05) is 12.1 Å². The predicted octanol–water partition coefficient (Wildman–Crippen LogP) is 1.82. The van der Waals surface area contributed by atoms with Crippen LogP contribution in [0.1, 0.15) is 13.3 Å². The number of likely N-dealkylation sites (N-methyl/N-ethyl adjacent to an activating group) is 1. The summed E-state index contributed by atoms with van der Waals surface area (Å²) in [6, 6.07) is 11.1. The SMILES string of the molecule is CCN(CC(=O)N[C@H]1CCS(=O)(=O)C1)c1nc(-c2cccnc2)nc2ccccc12. The lowest BCUT2D eigenvalue weighted by atomic mass is 10.2. The van der Waals surface area contributed by atoms with Crippen molar-refractivity contribution in [1.82, 2.24) is 20.3 Å². The van der Waals surface area contributed by atoms with Crippen molar-refractivity contribution in [2.75, 3.05) is 29.5 Å². The summed E-state index contributed by atoms with van der Waals surface area (Å²) in [4.78, 5) is 28.1. The third kappa shape index (κ3) is 4.40. The number of para-hydroxylation sites is 1. The normalized spacial score (nSPS) is 17.7. The zero-order chi connectivity index (χ0) is 21.1. The molecule has 0 saturated carbocycles. The number of carbonyl (C=O) groups is 1. The van der Waals surface area contributed by atoms with Gasteiger partial charge in [-0.15, -0.1) is 0 Å². The van der Waals surface area contributed by atoms with Gasteiger partial charge in [0.2, 0.25) is 5.91 Å². The van der Waals surface area contributed by atoms with E-state index in [-0.39, 0.29) is 30.0 Å². The van der Waals surface area contributed by atoms with Gasteiger partial charge in [0.1, 0.15) is 5.82 Å². The highest BCUT2D eigenvalue weighted by atomic mass is 32.2. The van der Waals surface area contributed by atoms with Crippen LogP contribution in [0.3, 0.4) is 0 Å². The number of rotatable bonds is 6. The van der Waals surface area contributed by atoms with E-state index >= 15 is 0 Å². The Morgan fingerprint density at radius 3 is 2.73 bits per heavy atom. The number of nitrogens with zero attached hydrogens (tertiary/aromatic N) is 4. The van der Waals surface area contributed by atoms with E-state index in [1.54, 1.807) is 12.4 Å². The maximum Gasteiger partial charge on any atom is 0.239 e. The summed E-state index contributed by atoms with van der Waals surface area (Å²) in [6.07, 6.45) is 3.86. The third-order valence-electron chi connectivity index (χ3n) is 5.12. The monoisotopic (exact) mass is 425 g/mol. The summed E-state index contributed by atoms with van der Waals surface area (Å²) in [5, 5.41) is 3.70. The zero-order valence-electron chi connectivity index (χ0n) is 16.7. The second kappa shape index (κ2) is 8.35. The van der Waals surface area contributed by atoms with Crippen LogP contribution in [-0.2, 0) is 14.6 Å². The number of benzene rings is 1. The van der Waals surface area contributed by atoms with Gasteiger partial charge in [0.25, 0.3) is 0 Å². The van der Waals surface area contributed by atoms with Crippen molar-refractivity contribution in [1.29, 1.82) is 0 Å². The topological polar surface area (TPSA) is 105 Å². The molecule has 1 saturated heterocycles. The summed E-state index contributed by atoms with van der Waals surface area (Å²) < 4.78 is 23.3. The van der Waals surface area contributed by atoms with Gasteiger partial charge in [0, 0.05) is 35.9 Å². The first-order chi connectivity index (χ1) is 14.4. The molecule has 0 unspecified atom stereocenters. The third-order valence-corrected chi connectivity index (χ3v) is 6.88. The van der Waals surface area contributed by atoms with Crippen LogP contribution in [0.5, 0.6) is 0 Å². The number of hydrogen-bond acceptors (Lipinski definition) is 7. The number of sulfone groups is 1. The Bertz CT molecular complexity index is 1170. The largest absolute Gasteiger partial charge is 0.351 e. The quantitative estimate of drug-likeness (QED) is 0.642. The molecule has 3 aromatic rings. The zero-order valence-corrected chi connectivity index (χ0v) is 17.5. The minimum Gasteiger partial charge on any atom is -0.351 e. The first-order valence-electron chi connectivity index (χ1n) is 9.87. The molecule has 1 N–H and O–H groups in total. The van der Waals surface area contributed by atoms with Crippen molar-refractivity contribution in [3.8, 4) is 11.4 Å². The van der Waals surface area contributed by atoms with Gasteiger partial charge in [-0.05, 0) is 37.6 Å². The Morgan fingerprint density at radius 2 is 2.03 bits per heavy atom. The summed E-state index contributed by atoms with van der Waals surface area (Å²) in [5.41, 5.74) is 1.57. The molecule has 1 atom stereocenters. The lowest BCUT2D eigenvalue weighted by molar-refractivity contribution is -0.120. The summed E-state index contributed by atoms with van der Waals surface area (Å²) >= 11 is 0. The van der Waals surface area contributed by atoms with Crippen molar-refractivity contribution in [2.24, 2.45) is 0 Å². The highest BCUT2D eigenvalue weighted by Crippen LogP contribution is 2.27. The fourth-order valence-corrected chi connectivity index (χ4v) is 5.29. The molecular formula is C21H23N5O3S. The maximum atomic E-state index is 12.6. The van der Waals surface area contributed by atoms with E-state index in [2.05, 4.69) is 15.3 Å². The van der Waals surface area contributed by atoms with Gasteiger partial charge in [-0.25, -0.2) is 18.4 Å². The van der Waals surface area contributed by atoms with Gasteiger partial charge < -0.3 is 10.2 Å². The van der Waals surface area contributed by atoms with Gasteiger partial charge in [-0.2, -0.15) is 0 Å². The molecule has 1 aromatic carbocycles. The molecular weight excluding hydrogens is 402 g/mol. The van der Waals surface area contributed by atoms with Crippen molar-refractivity contribution in [3.63, 3.8) is 0 Å². The van der Waals surface area contributed by atoms with Gasteiger partial charge >= 0.3 is 0 Å². The van der Waals surface area contributed by atoms with Crippen LogP contribution >= 0.6 is 0 Å². The minimum atomic E-state index is -3.05. The van der Waals surface area contributed by atoms with Crippen molar-refractivity contribution in [2.45, 2.75) is 19.4 Å². The van der Waals surface area contributed by atoms with E-state index in [1.807, 2.05) is 48.2 Å². The second-order valence-electron chi connectivity index (χ2n) is 7.31. The predicted molar refractivity (Wildman–Crippen MR) is 116 cm³/mol. The van der Waals surface area contributed by atoms with Gasteiger partial charge in [-0.3, -0.25) is 9.78 Å². The number of hydrogen-bond donors (Lipinski definition) is 1. The van der Waals surface area contributed by atoms with Crippen molar-refractivity contribution < 1.29 is 13.2 Å². The lowest BCUT2D eigenvalue weighted by Crippen LogP contribution is -2.43. The van der Waals surface area contributed by atoms with E-state index in [0.29, 0.717) is 24.6 Å². The molecule has 9 heteroatoms. The van der Waals surface area contributed by atoms with Crippen LogP contribution in [0.15, 0.2) is 48.8 Å². The fourth-order valence-electron chi connectivity index (χ4n) is 3.62. The number of anilines is 1. The molecule has 0 bridgehead atoms. The second-order valence-corrected chi connectivity index (χ2v) is 9.54. The lowest BCUT2D eigenvalue weighted by Gasteiger charge is -2.24. The molecule has 2 aromatic heterocycles. The highest BCUT2D eigenvalue weighted by molar-refractivity contribution is 7.91. The average Bonchev–Trinajstić information content (AvgIpc) is 3.10. The highest BCUT2D eigenvalue weighted by Gasteiger charge is 2.29. The van der Waals surface area contributed by atoms with Gasteiger partial charge in [0.15, 0.2) is 15.7 Å². The van der Waals surface area contributed by atoms with Crippen LogP contribution in [-0.4, -0.2) is 59.9 Å². The first-order valence-corrected chi connectivity index (χ1v) is 11.7. The van der Waals surface area contributed by atoms with E-state index in [1.165, 1.54) is 0 Å². The Hall–Kier alpha value is -3.07. The Balaban J connectivity index is 1.63. The number of aromatic nitrogens is 3. The number of nitrogens with one attached hydrogen (secondary N) is 1. The van der Waals surface area contributed by atoms with Crippen molar-refractivity contribution >= 4 is 32.5 Å². The minimum absolute atomic E-state index is 0.00641. The molecule has 156 valence electrons.